The minimum absolute atomic E-state index is 0.0371. The molecule has 27 heteroatoms. The standard InChI is InChI=1S/C57H77N9O17S/c1-84-29-15-46(54(74)59-16-18-79-20-22-81-24-26-83-28-27-82-25-23-80-21-19-78-17-14-51(69)70)64-56(76)47(30-37-10-12-40(67)13-11-37)66-57(77)48(32-39-35-61-45-9-5-3-7-42(39)45)63-50(68)36-62-55(75)49(33-52(71)72)65-53(73)43(58)31-38-34-60-44-8-4-2-6-41(38)44/h2-13,34-35,43,46-49,60-61,67H,14-33,36,58H2,1H3,(H,59,74)(H,62,75)(H,63,68)(H,64,76)(H,65,73)(H,66,77)(H,69,70)(H,71,72)/t43-,46-,47-,48-,49-/m0/s1. The molecule has 0 aliphatic heterocycles. The van der Waals surface area contributed by atoms with Gasteiger partial charge in [-0.3, -0.25) is 38.4 Å². The monoisotopic (exact) mass is 1190 g/mol. The average Bonchev–Trinajstić information content (AvgIpc) is 4.11. The molecule has 84 heavy (non-hydrogen) atoms. The summed E-state index contributed by atoms with van der Waals surface area (Å²) in [6.07, 6.45) is 4.42. The number of carbonyl (C=O) groups is 8. The highest BCUT2D eigenvalue weighted by Crippen LogP contribution is 2.21. The largest absolute Gasteiger partial charge is 0.508 e. The molecule has 0 spiro atoms. The molecule has 0 aliphatic carbocycles. The van der Waals surface area contributed by atoms with E-state index in [0.717, 1.165) is 27.4 Å². The second kappa shape index (κ2) is 37.5. The highest BCUT2D eigenvalue weighted by atomic mass is 32.2. The molecule has 5 atom stereocenters. The fourth-order valence-electron chi connectivity index (χ4n) is 8.42. The average molecular weight is 1190 g/mol. The number of aromatic hydroxyl groups is 1. The van der Waals surface area contributed by atoms with Crippen LogP contribution in [0.25, 0.3) is 21.8 Å². The van der Waals surface area contributed by atoms with Crippen molar-refractivity contribution in [1.29, 1.82) is 0 Å². The van der Waals surface area contributed by atoms with E-state index in [4.69, 9.17) is 39.3 Å². The van der Waals surface area contributed by atoms with Crippen LogP contribution in [0.15, 0.2) is 85.2 Å². The first-order valence-corrected chi connectivity index (χ1v) is 28.8. The fourth-order valence-corrected chi connectivity index (χ4v) is 8.89. The van der Waals surface area contributed by atoms with Crippen molar-refractivity contribution >= 4 is 80.9 Å². The van der Waals surface area contributed by atoms with Crippen LogP contribution in [0.5, 0.6) is 5.75 Å². The number of benzene rings is 3. The lowest BCUT2D eigenvalue weighted by Crippen LogP contribution is -2.58. The van der Waals surface area contributed by atoms with Gasteiger partial charge < -0.3 is 91.3 Å². The zero-order valence-electron chi connectivity index (χ0n) is 46.9. The summed E-state index contributed by atoms with van der Waals surface area (Å²) < 4.78 is 32.6. The van der Waals surface area contributed by atoms with Gasteiger partial charge in [0, 0.05) is 53.6 Å². The van der Waals surface area contributed by atoms with E-state index in [1.54, 1.807) is 30.6 Å². The number of aliphatic carboxylic acids is 2. The van der Waals surface area contributed by atoms with Crippen LogP contribution in [0.4, 0.5) is 0 Å². The summed E-state index contributed by atoms with van der Waals surface area (Å²) in [7, 11) is 0. The van der Waals surface area contributed by atoms with E-state index < -0.39 is 90.6 Å². The Morgan fingerprint density at radius 1 is 0.524 bits per heavy atom. The molecule has 0 radical (unpaired) electrons. The molecule has 0 unspecified atom stereocenters. The van der Waals surface area contributed by atoms with Gasteiger partial charge in [-0.05, 0) is 65.8 Å². The zero-order chi connectivity index (χ0) is 60.5. The molecular weight excluding hydrogens is 1110 g/mol. The van der Waals surface area contributed by atoms with E-state index in [2.05, 4.69) is 41.9 Å². The molecular formula is C57H77N9O17S. The predicted molar refractivity (Wildman–Crippen MR) is 310 cm³/mol. The lowest BCUT2D eigenvalue weighted by atomic mass is 10.0. The minimum atomic E-state index is -1.63. The SMILES string of the molecule is CSCC[C@H](NC(=O)[C@H](Cc1ccc(O)cc1)NC(=O)[C@H](Cc1c[nH]c2ccccc12)NC(=O)CNC(=O)[C@H](CC(=O)O)NC(=O)[C@@H](N)Cc1c[nH]c2ccccc12)C(=O)NCCOCCOCCOCCOCCOCCOCCC(=O)O. The van der Waals surface area contributed by atoms with Crippen LogP contribution in [0.2, 0.25) is 0 Å². The highest BCUT2D eigenvalue weighted by Gasteiger charge is 2.32. The summed E-state index contributed by atoms with van der Waals surface area (Å²) in [6, 6.07) is 14.1. The first-order chi connectivity index (χ1) is 40.6. The van der Waals surface area contributed by atoms with Crippen LogP contribution < -0.4 is 37.6 Å². The van der Waals surface area contributed by atoms with Crippen LogP contribution in [0, 0.1) is 0 Å². The molecule has 0 fully saturated rings. The van der Waals surface area contributed by atoms with Crippen molar-refractivity contribution in [2.45, 2.75) is 68.7 Å². The Hall–Kier alpha value is -7.63. The molecule has 6 amide bonds. The van der Waals surface area contributed by atoms with Crippen molar-refractivity contribution in [3.63, 3.8) is 0 Å². The van der Waals surface area contributed by atoms with Crippen LogP contribution in [-0.4, -0.2) is 207 Å². The van der Waals surface area contributed by atoms with Crippen molar-refractivity contribution in [1.82, 2.24) is 41.9 Å². The van der Waals surface area contributed by atoms with Crippen molar-refractivity contribution in [2.75, 3.05) is 104 Å². The van der Waals surface area contributed by atoms with Crippen LogP contribution in [0.3, 0.4) is 0 Å². The maximum Gasteiger partial charge on any atom is 0.305 e. The van der Waals surface area contributed by atoms with E-state index in [1.165, 1.54) is 23.9 Å². The number of nitrogens with two attached hydrogens (primary N) is 1. The molecule has 5 aromatic rings. The van der Waals surface area contributed by atoms with Crippen LogP contribution >= 0.6 is 11.8 Å². The Bertz CT molecular complexity index is 2870. The van der Waals surface area contributed by atoms with Gasteiger partial charge in [-0.1, -0.05) is 48.5 Å². The normalized spacial score (nSPS) is 13.1. The van der Waals surface area contributed by atoms with Gasteiger partial charge in [0.25, 0.3) is 0 Å². The van der Waals surface area contributed by atoms with Gasteiger partial charge in [0.1, 0.15) is 29.9 Å². The second-order valence-corrected chi connectivity index (χ2v) is 20.1. The van der Waals surface area contributed by atoms with Gasteiger partial charge in [0.05, 0.1) is 105 Å². The third kappa shape index (κ3) is 24.7. The molecule has 0 aliphatic rings. The number of thioether (sulfide) groups is 1. The third-order valence-corrected chi connectivity index (χ3v) is 13.4. The topological polar surface area (TPSA) is 382 Å². The Morgan fingerprint density at radius 3 is 1.54 bits per heavy atom. The number of rotatable bonds is 43. The number of ether oxygens (including phenoxy) is 6. The van der Waals surface area contributed by atoms with E-state index in [0.29, 0.717) is 69.7 Å². The number of carbonyl (C=O) groups excluding carboxylic acids is 6. The lowest BCUT2D eigenvalue weighted by molar-refractivity contribution is -0.141. The number of phenols is 1. The van der Waals surface area contributed by atoms with E-state index in [9.17, 15) is 48.6 Å². The quantitative estimate of drug-likeness (QED) is 0.0239. The minimum Gasteiger partial charge on any atom is -0.508 e. The number of nitrogens with one attached hydrogen (secondary N) is 8. The van der Waals surface area contributed by atoms with Crippen molar-refractivity contribution < 1.29 is 82.1 Å². The first kappa shape index (κ1) is 67.2. The molecule has 2 heterocycles. The summed E-state index contributed by atoms with van der Waals surface area (Å²) in [4.78, 5) is 112. The summed E-state index contributed by atoms with van der Waals surface area (Å²) >= 11 is 1.46. The number of aromatic amines is 2. The Labute approximate surface area is 489 Å². The number of para-hydroxylation sites is 2. The van der Waals surface area contributed by atoms with Gasteiger partial charge in [0.2, 0.25) is 35.4 Å². The molecule has 2 aromatic heterocycles. The smallest absolute Gasteiger partial charge is 0.305 e. The zero-order valence-corrected chi connectivity index (χ0v) is 47.7. The summed E-state index contributed by atoms with van der Waals surface area (Å²) in [5, 5.41) is 45.6. The third-order valence-electron chi connectivity index (χ3n) is 12.8. The molecule has 5 rings (SSSR count). The summed E-state index contributed by atoms with van der Waals surface area (Å²) in [5.41, 5.74) is 9.67. The van der Waals surface area contributed by atoms with Gasteiger partial charge in [0.15, 0.2) is 0 Å². The number of hydrogen-bond acceptors (Lipinski definition) is 17. The van der Waals surface area contributed by atoms with Crippen molar-refractivity contribution in [2.24, 2.45) is 5.73 Å². The van der Waals surface area contributed by atoms with Gasteiger partial charge in [-0.15, -0.1) is 0 Å². The molecule has 0 bridgehead atoms. The first-order valence-electron chi connectivity index (χ1n) is 27.4. The maximum atomic E-state index is 14.5. The number of phenolic OH excluding ortho intramolecular Hbond substituents is 1. The van der Waals surface area contributed by atoms with Crippen LogP contribution in [-0.2, 0) is 86.0 Å². The summed E-state index contributed by atoms with van der Waals surface area (Å²) in [6.45, 7) is 2.91. The van der Waals surface area contributed by atoms with Crippen molar-refractivity contribution in [3.05, 3.63) is 102 Å². The Morgan fingerprint density at radius 2 is 1.00 bits per heavy atom. The molecule has 0 saturated carbocycles. The van der Waals surface area contributed by atoms with Crippen molar-refractivity contribution in [3.8, 4) is 5.75 Å². The van der Waals surface area contributed by atoms with E-state index in [-0.39, 0.29) is 70.8 Å². The van der Waals surface area contributed by atoms with Crippen LogP contribution in [0.1, 0.15) is 36.0 Å². The van der Waals surface area contributed by atoms with E-state index >= 15 is 0 Å². The van der Waals surface area contributed by atoms with E-state index in [1.807, 2.05) is 48.7 Å². The van der Waals surface area contributed by atoms with Gasteiger partial charge in [-0.2, -0.15) is 11.8 Å². The molecule has 26 nitrogen and oxygen atoms in total. The predicted octanol–water partition coefficient (Wildman–Crippen LogP) is 0.684. The second-order valence-electron chi connectivity index (χ2n) is 19.1. The number of fused-ring (bicyclic) bond motifs is 2. The number of hydrogen-bond donors (Lipinski definition) is 12. The molecule has 13 N–H and O–H groups in total. The van der Waals surface area contributed by atoms with Gasteiger partial charge >= 0.3 is 11.9 Å². The number of aromatic nitrogens is 2. The Kier molecular flexibility index (Phi) is 30.0. The summed E-state index contributed by atoms with van der Waals surface area (Å²) in [5.74, 6) is -6.58. The number of H-pyrrole nitrogens is 2. The maximum absolute atomic E-state index is 14.5. The number of carboxylic acids is 2. The number of carboxylic acid groups (broad SMARTS) is 2. The fraction of sp³-hybridized carbons (Fsp3) is 0.474. The number of amides is 6. The molecule has 458 valence electrons. The lowest BCUT2D eigenvalue weighted by Gasteiger charge is -2.26. The van der Waals surface area contributed by atoms with Gasteiger partial charge in [-0.25, -0.2) is 0 Å². The molecule has 3 aromatic carbocycles. The molecule has 0 saturated heterocycles. The highest BCUT2D eigenvalue weighted by molar-refractivity contribution is 7.98. The Balaban J connectivity index is 1.13.